The minimum Gasteiger partial charge on any atom is -0.303 e. The molecule has 1 fully saturated rings. The van der Waals surface area contributed by atoms with E-state index >= 15 is 0 Å². The molecule has 1 saturated heterocycles. The fourth-order valence-corrected chi connectivity index (χ4v) is 5.20. The Morgan fingerprint density at radius 1 is 0.697 bits per heavy atom. The second kappa shape index (κ2) is 10.2. The molecule has 0 radical (unpaired) electrons. The summed E-state index contributed by atoms with van der Waals surface area (Å²) < 4.78 is 0. The van der Waals surface area contributed by atoms with Gasteiger partial charge in [-0.2, -0.15) is 5.10 Å². The van der Waals surface area contributed by atoms with Gasteiger partial charge in [-0.3, -0.25) is 5.10 Å². The summed E-state index contributed by atoms with van der Waals surface area (Å²) >= 11 is 0. The zero-order valence-electron chi connectivity index (χ0n) is 19.3. The first-order valence-electron chi connectivity index (χ1n) is 12.2. The Hall–Kier alpha value is -3.17. The largest absolute Gasteiger partial charge is 0.303 e. The van der Waals surface area contributed by atoms with Crippen LogP contribution >= 0.6 is 0 Å². The molecule has 1 aliphatic heterocycles. The van der Waals surface area contributed by atoms with Crippen LogP contribution in [0.15, 0.2) is 97.1 Å². The summed E-state index contributed by atoms with van der Waals surface area (Å²) in [5.74, 6) is 0. The molecular formula is C30H33N3. The zero-order chi connectivity index (χ0) is 22.3. The van der Waals surface area contributed by atoms with Gasteiger partial charge in [0.15, 0.2) is 0 Å². The number of hydrogen-bond acceptors (Lipinski definition) is 2. The van der Waals surface area contributed by atoms with E-state index in [0.717, 1.165) is 51.7 Å². The van der Waals surface area contributed by atoms with E-state index in [0.29, 0.717) is 0 Å². The molecule has 3 nitrogen and oxygen atoms in total. The first-order chi connectivity index (χ1) is 16.3. The Bertz CT molecular complexity index is 1110. The molecule has 4 aromatic rings. The van der Waals surface area contributed by atoms with Crippen molar-refractivity contribution in [3.63, 3.8) is 0 Å². The Morgan fingerprint density at radius 2 is 1.27 bits per heavy atom. The third kappa shape index (κ3) is 5.09. The van der Waals surface area contributed by atoms with Crippen molar-refractivity contribution in [1.82, 2.24) is 15.1 Å². The van der Waals surface area contributed by atoms with Crippen molar-refractivity contribution in [1.29, 1.82) is 0 Å². The van der Waals surface area contributed by atoms with E-state index in [1.165, 1.54) is 28.1 Å². The van der Waals surface area contributed by atoms with Crippen molar-refractivity contribution >= 4 is 0 Å². The molecule has 0 spiro atoms. The average molecular weight is 436 g/mol. The second-order valence-electron chi connectivity index (χ2n) is 9.29. The van der Waals surface area contributed by atoms with Gasteiger partial charge in [-0.1, -0.05) is 91.0 Å². The lowest BCUT2D eigenvalue weighted by molar-refractivity contribution is 0.178. The van der Waals surface area contributed by atoms with E-state index in [9.17, 15) is 0 Å². The smallest absolute Gasteiger partial charge is 0.0731 e. The van der Waals surface area contributed by atoms with Crippen LogP contribution < -0.4 is 0 Å². The van der Waals surface area contributed by atoms with Crippen molar-refractivity contribution in [3.8, 4) is 0 Å². The molecule has 0 atom stereocenters. The monoisotopic (exact) mass is 435 g/mol. The molecule has 0 saturated carbocycles. The Balaban J connectivity index is 1.30. The highest BCUT2D eigenvalue weighted by Crippen LogP contribution is 2.41. The van der Waals surface area contributed by atoms with Crippen LogP contribution in [-0.4, -0.2) is 34.7 Å². The number of benzene rings is 3. The summed E-state index contributed by atoms with van der Waals surface area (Å²) in [7, 11) is 0. The van der Waals surface area contributed by atoms with E-state index in [1.54, 1.807) is 0 Å². The van der Waals surface area contributed by atoms with Crippen LogP contribution in [0.3, 0.4) is 0 Å². The van der Waals surface area contributed by atoms with E-state index in [4.69, 9.17) is 5.10 Å². The van der Waals surface area contributed by atoms with Crippen molar-refractivity contribution in [3.05, 3.63) is 125 Å². The molecule has 0 amide bonds. The number of piperidine rings is 1. The van der Waals surface area contributed by atoms with Crippen molar-refractivity contribution in [2.75, 3.05) is 19.6 Å². The molecule has 0 aliphatic carbocycles. The fraction of sp³-hybridized carbons (Fsp3) is 0.300. The minimum atomic E-state index is -0.00793. The first kappa shape index (κ1) is 21.7. The van der Waals surface area contributed by atoms with Gasteiger partial charge in [0.25, 0.3) is 0 Å². The van der Waals surface area contributed by atoms with E-state index in [-0.39, 0.29) is 5.41 Å². The molecule has 2 heterocycles. The third-order valence-electron chi connectivity index (χ3n) is 7.24. The number of aryl methyl sites for hydroxylation is 2. The number of H-pyrrole nitrogens is 1. The Labute approximate surface area is 197 Å². The van der Waals surface area contributed by atoms with Crippen LogP contribution in [0, 0.1) is 0 Å². The van der Waals surface area contributed by atoms with Crippen LogP contribution in [0.1, 0.15) is 40.9 Å². The number of aromatic nitrogens is 2. The van der Waals surface area contributed by atoms with Gasteiger partial charge < -0.3 is 4.90 Å². The van der Waals surface area contributed by atoms with Crippen LogP contribution in [0.2, 0.25) is 0 Å². The standard InChI is InChI=1S/C30H33N3/c1-4-10-25(11-5-1)16-17-28-24-29(32-31-28)30(27-14-8-3-9-15-27)19-22-33(23-20-30)21-18-26-12-6-2-7-13-26/h1-15,24H,16-23H2,(H,31,32). The van der Waals surface area contributed by atoms with Crippen LogP contribution in [0.25, 0.3) is 0 Å². The number of likely N-dealkylation sites (tertiary alicyclic amines) is 1. The van der Waals surface area contributed by atoms with Gasteiger partial charge in [-0.05, 0) is 68.0 Å². The van der Waals surface area contributed by atoms with Gasteiger partial charge in [0.05, 0.1) is 5.69 Å². The Morgan fingerprint density at radius 3 is 1.91 bits per heavy atom. The summed E-state index contributed by atoms with van der Waals surface area (Å²) in [6.45, 7) is 3.33. The third-order valence-corrected chi connectivity index (χ3v) is 7.24. The molecule has 33 heavy (non-hydrogen) atoms. The summed E-state index contributed by atoms with van der Waals surface area (Å²) in [6.07, 6.45) is 5.36. The molecular weight excluding hydrogens is 402 g/mol. The lowest BCUT2D eigenvalue weighted by atomic mass is 9.70. The molecule has 3 heteroatoms. The highest BCUT2D eigenvalue weighted by atomic mass is 15.2. The van der Waals surface area contributed by atoms with E-state index < -0.39 is 0 Å². The summed E-state index contributed by atoms with van der Waals surface area (Å²) in [5, 5.41) is 8.24. The number of aromatic amines is 1. The van der Waals surface area contributed by atoms with Gasteiger partial charge in [0, 0.05) is 17.7 Å². The van der Waals surface area contributed by atoms with Gasteiger partial charge in [-0.25, -0.2) is 0 Å². The SMILES string of the molecule is c1ccc(CCc2cc(C3(c4ccccc4)CCN(CCc4ccccc4)CC3)n[nH]2)cc1. The molecule has 5 rings (SSSR count). The number of hydrogen-bond donors (Lipinski definition) is 1. The molecule has 168 valence electrons. The van der Waals surface area contributed by atoms with Gasteiger partial charge in [-0.15, -0.1) is 0 Å². The molecule has 3 aromatic carbocycles. The summed E-state index contributed by atoms with van der Waals surface area (Å²) in [5.41, 5.74) is 6.63. The number of rotatable bonds is 8. The first-order valence-corrected chi connectivity index (χ1v) is 12.2. The quantitative estimate of drug-likeness (QED) is 0.378. The normalized spacial score (nSPS) is 16.0. The highest BCUT2D eigenvalue weighted by molar-refractivity contribution is 5.37. The number of nitrogens with one attached hydrogen (secondary N) is 1. The van der Waals surface area contributed by atoms with Gasteiger partial charge in [0.1, 0.15) is 0 Å². The maximum absolute atomic E-state index is 4.88. The average Bonchev–Trinajstić information content (AvgIpc) is 3.38. The van der Waals surface area contributed by atoms with Crippen LogP contribution in [0.5, 0.6) is 0 Å². The lowest BCUT2D eigenvalue weighted by Crippen LogP contribution is -2.44. The molecule has 1 N–H and O–H groups in total. The van der Waals surface area contributed by atoms with Gasteiger partial charge >= 0.3 is 0 Å². The molecule has 1 aromatic heterocycles. The topological polar surface area (TPSA) is 31.9 Å². The summed E-state index contributed by atoms with van der Waals surface area (Å²) in [4.78, 5) is 2.62. The predicted molar refractivity (Wildman–Crippen MR) is 135 cm³/mol. The maximum atomic E-state index is 4.88. The molecule has 0 bridgehead atoms. The van der Waals surface area contributed by atoms with E-state index in [2.05, 4.69) is 107 Å². The second-order valence-corrected chi connectivity index (χ2v) is 9.29. The minimum absolute atomic E-state index is 0.00793. The maximum Gasteiger partial charge on any atom is 0.0731 e. The zero-order valence-corrected chi connectivity index (χ0v) is 19.3. The van der Waals surface area contributed by atoms with Crippen LogP contribution in [-0.2, 0) is 24.7 Å². The van der Waals surface area contributed by atoms with Crippen molar-refractivity contribution < 1.29 is 0 Å². The molecule has 1 aliphatic rings. The van der Waals surface area contributed by atoms with Crippen molar-refractivity contribution in [2.45, 2.75) is 37.5 Å². The Kier molecular flexibility index (Phi) is 6.68. The fourth-order valence-electron chi connectivity index (χ4n) is 5.20. The predicted octanol–water partition coefficient (Wildman–Crippen LogP) is 5.82. The summed E-state index contributed by atoms with van der Waals surface area (Å²) in [6, 6.07) is 34.9. The van der Waals surface area contributed by atoms with Gasteiger partial charge in [0.2, 0.25) is 0 Å². The van der Waals surface area contributed by atoms with E-state index in [1.807, 2.05) is 0 Å². The number of nitrogens with zero attached hydrogens (tertiary/aromatic N) is 2. The van der Waals surface area contributed by atoms with Crippen molar-refractivity contribution in [2.24, 2.45) is 0 Å². The van der Waals surface area contributed by atoms with Crippen LogP contribution in [0.4, 0.5) is 0 Å². The highest BCUT2D eigenvalue weighted by Gasteiger charge is 2.39. The molecule has 0 unspecified atom stereocenters. The lowest BCUT2D eigenvalue weighted by Gasteiger charge is -2.41.